The van der Waals surface area contributed by atoms with E-state index in [0.717, 1.165) is 22.9 Å². The van der Waals surface area contributed by atoms with Gasteiger partial charge in [0.1, 0.15) is 5.75 Å². The van der Waals surface area contributed by atoms with Crippen LogP contribution in [0.5, 0.6) is 5.75 Å². The summed E-state index contributed by atoms with van der Waals surface area (Å²) in [5.41, 5.74) is 1.69. The smallest absolute Gasteiger partial charge is 0.262 e. The average molecular weight is 375 g/mol. The quantitative estimate of drug-likeness (QED) is 0.538. The van der Waals surface area contributed by atoms with Gasteiger partial charge in [0.2, 0.25) is 0 Å². The van der Waals surface area contributed by atoms with Crippen molar-refractivity contribution in [1.82, 2.24) is 19.6 Å². The number of benzene rings is 2. The van der Waals surface area contributed by atoms with Gasteiger partial charge in [-0.3, -0.25) is 14.2 Å². The average Bonchev–Trinajstić information content (AvgIpc) is 3.35. The van der Waals surface area contributed by atoms with Crippen molar-refractivity contribution in [1.29, 1.82) is 0 Å². The number of anilines is 1. The van der Waals surface area contributed by atoms with Crippen LogP contribution in [0.4, 0.5) is 5.69 Å². The fraction of sp³-hybridized carbons (Fsp3) is 0.190. The molecule has 0 radical (unpaired) electrons. The molecule has 142 valence electrons. The van der Waals surface area contributed by atoms with E-state index in [4.69, 9.17) is 4.74 Å². The number of hydrogen-bond acceptors (Lipinski definition) is 4. The van der Waals surface area contributed by atoms with Gasteiger partial charge in [-0.15, -0.1) is 0 Å². The third-order valence-electron chi connectivity index (χ3n) is 4.36. The zero-order chi connectivity index (χ0) is 19.3. The third-order valence-corrected chi connectivity index (χ3v) is 4.36. The summed E-state index contributed by atoms with van der Waals surface area (Å²) in [6.45, 7) is 3.41. The molecule has 1 amide bonds. The summed E-state index contributed by atoms with van der Waals surface area (Å²) in [7, 11) is 0. The number of aryl methyl sites for hydroxylation is 1. The topological polar surface area (TPSA) is 74.0 Å². The van der Waals surface area contributed by atoms with Crippen molar-refractivity contribution in [2.75, 3.05) is 11.9 Å². The van der Waals surface area contributed by atoms with Crippen molar-refractivity contribution >= 4 is 22.4 Å². The summed E-state index contributed by atoms with van der Waals surface area (Å²) in [6, 6.07) is 13.8. The maximum absolute atomic E-state index is 12.2. The summed E-state index contributed by atoms with van der Waals surface area (Å²) in [5.74, 6) is 0.434. The molecule has 0 fully saturated rings. The van der Waals surface area contributed by atoms with E-state index in [0.29, 0.717) is 18.0 Å². The Hall–Kier alpha value is -3.61. The number of nitrogens with zero attached hydrogens (tertiary/aromatic N) is 4. The predicted molar refractivity (Wildman–Crippen MR) is 107 cm³/mol. The number of nitrogens with one attached hydrogen (secondary N) is 1. The van der Waals surface area contributed by atoms with Crippen molar-refractivity contribution in [3.05, 3.63) is 72.8 Å². The van der Waals surface area contributed by atoms with Crippen LogP contribution in [0.3, 0.4) is 0 Å². The van der Waals surface area contributed by atoms with E-state index in [1.54, 1.807) is 17.1 Å². The number of fused-ring (bicyclic) bond motifs is 1. The molecule has 2 aromatic carbocycles. The molecule has 4 rings (SSSR count). The zero-order valence-corrected chi connectivity index (χ0v) is 15.6. The Kier molecular flexibility index (Phi) is 5.05. The lowest BCUT2D eigenvalue weighted by atomic mass is 10.1. The molecule has 7 nitrogen and oxygen atoms in total. The Balaban J connectivity index is 1.31. The second-order valence-electron chi connectivity index (χ2n) is 6.48. The number of hydrogen-bond donors (Lipinski definition) is 1. The Morgan fingerprint density at radius 2 is 1.86 bits per heavy atom. The summed E-state index contributed by atoms with van der Waals surface area (Å²) in [4.78, 5) is 12.2. The molecular formula is C21H21N5O2. The summed E-state index contributed by atoms with van der Waals surface area (Å²) in [6.07, 6.45) is 7.22. The monoisotopic (exact) mass is 375 g/mol. The van der Waals surface area contributed by atoms with Crippen LogP contribution in [0.2, 0.25) is 0 Å². The highest BCUT2D eigenvalue weighted by Crippen LogP contribution is 2.20. The molecule has 0 saturated heterocycles. The minimum atomic E-state index is -0.230. The molecular weight excluding hydrogens is 354 g/mol. The van der Waals surface area contributed by atoms with Crippen LogP contribution >= 0.6 is 0 Å². The highest BCUT2D eigenvalue weighted by Gasteiger charge is 2.07. The van der Waals surface area contributed by atoms with E-state index in [2.05, 4.69) is 15.5 Å². The number of carbonyl (C=O) groups excluding carboxylic acids is 1. The van der Waals surface area contributed by atoms with Gasteiger partial charge in [-0.05, 0) is 29.8 Å². The highest BCUT2D eigenvalue weighted by molar-refractivity contribution is 5.91. The minimum Gasteiger partial charge on any atom is -0.484 e. The fourth-order valence-corrected chi connectivity index (χ4v) is 2.97. The lowest BCUT2D eigenvalue weighted by Gasteiger charge is -2.07. The van der Waals surface area contributed by atoms with Gasteiger partial charge in [0, 0.05) is 24.5 Å². The van der Waals surface area contributed by atoms with Gasteiger partial charge < -0.3 is 10.1 Å². The lowest BCUT2D eigenvalue weighted by Crippen LogP contribution is -2.19. The lowest BCUT2D eigenvalue weighted by molar-refractivity contribution is -0.118. The van der Waals surface area contributed by atoms with Crippen LogP contribution in [0, 0.1) is 0 Å². The molecule has 0 atom stereocenters. The maximum atomic E-state index is 12.2. The van der Waals surface area contributed by atoms with Crippen LogP contribution < -0.4 is 10.1 Å². The molecule has 0 spiro atoms. The molecule has 4 aromatic rings. The van der Waals surface area contributed by atoms with Gasteiger partial charge in [-0.2, -0.15) is 10.2 Å². The van der Waals surface area contributed by atoms with E-state index < -0.39 is 0 Å². The molecule has 2 aromatic heterocycles. The first-order valence-electron chi connectivity index (χ1n) is 9.15. The fourth-order valence-electron chi connectivity index (χ4n) is 2.97. The Morgan fingerprint density at radius 3 is 2.68 bits per heavy atom. The van der Waals surface area contributed by atoms with Crippen LogP contribution in [-0.2, 0) is 17.9 Å². The van der Waals surface area contributed by atoms with E-state index in [1.165, 1.54) is 0 Å². The van der Waals surface area contributed by atoms with E-state index >= 15 is 0 Å². The van der Waals surface area contributed by atoms with Gasteiger partial charge in [0.25, 0.3) is 5.91 Å². The minimum absolute atomic E-state index is 0.0627. The molecule has 0 aliphatic rings. The first-order chi connectivity index (χ1) is 13.7. The van der Waals surface area contributed by atoms with Crippen LogP contribution in [-0.4, -0.2) is 32.1 Å². The van der Waals surface area contributed by atoms with Crippen molar-refractivity contribution in [2.45, 2.75) is 20.0 Å². The summed E-state index contributed by atoms with van der Waals surface area (Å²) >= 11 is 0. The highest BCUT2D eigenvalue weighted by atomic mass is 16.5. The molecule has 2 heterocycles. The Bertz CT molecular complexity index is 1100. The number of carbonyl (C=O) groups is 1. The van der Waals surface area contributed by atoms with Gasteiger partial charge in [0.05, 0.1) is 24.6 Å². The van der Waals surface area contributed by atoms with E-state index in [9.17, 15) is 4.79 Å². The van der Waals surface area contributed by atoms with Crippen molar-refractivity contribution in [3.63, 3.8) is 0 Å². The molecule has 0 aliphatic carbocycles. The number of rotatable bonds is 7. The zero-order valence-electron chi connectivity index (χ0n) is 15.6. The molecule has 0 saturated carbocycles. The molecule has 1 N–H and O–H groups in total. The van der Waals surface area contributed by atoms with Gasteiger partial charge in [-0.1, -0.05) is 30.3 Å². The molecule has 0 aliphatic heterocycles. The Morgan fingerprint density at radius 1 is 1.04 bits per heavy atom. The summed E-state index contributed by atoms with van der Waals surface area (Å²) in [5, 5.41) is 13.5. The molecule has 28 heavy (non-hydrogen) atoms. The van der Waals surface area contributed by atoms with Crippen molar-refractivity contribution in [2.24, 2.45) is 0 Å². The van der Waals surface area contributed by atoms with Crippen LogP contribution in [0.25, 0.3) is 10.8 Å². The van der Waals surface area contributed by atoms with Crippen LogP contribution in [0.15, 0.2) is 67.3 Å². The van der Waals surface area contributed by atoms with Gasteiger partial charge >= 0.3 is 0 Å². The molecule has 7 heteroatoms. The van der Waals surface area contributed by atoms with E-state index in [-0.39, 0.29) is 12.5 Å². The second-order valence-corrected chi connectivity index (χ2v) is 6.48. The SMILES string of the molecule is CCn1cc(Cn2cc(NC(=O)COc3ccc4ccccc4c3)cn2)cn1. The van der Waals surface area contributed by atoms with E-state index in [1.807, 2.05) is 66.5 Å². The van der Waals surface area contributed by atoms with Crippen molar-refractivity contribution in [3.8, 4) is 5.75 Å². The van der Waals surface area contributed by atoms with Gasteiger partial charge in [-0.25, -0.2) is 0 Å². The summed E-state index contributed by atoms with van der Waals surface area (Å²) < 4.78 is 9.24. The van der Waals surface area contributed by atoms with Crippen LogP contribution in [0.1, 0.15) is 12.5 Å². The first kappa shape index (κ1) is 17.8. The Labute approximate surface area is 162 Å². The van der Waals surface area contributed by atoms with Crippen molar-refractivity contribution < 1.29 is 9.53 Å². The standard InChI is InChI=1S/C21H21N5O2/c1-2-25-12-16(10-22-25)13-26-14-19(11-23-26)24-21(27)15-28-20-8-7-17-5-3-4-6-18(17)9-20/h3-12,14H,2,13,15H2,1H3,(H,24,27). The third kappa shape index (κ3) is 4.20. The maximum Gasteiger partial charge on any atom is 0.262 e. The largest absolute Gasteiger partial charge is 0.484 e. The normalized spacial score (nSPS) is 10.9. The number of aromatic nitrogens is 4. The predicted octanol–water partition coefficient (Wildman–Crippen LogP) is 3.32. The molecule has 0 unspecified atom stereocenters. The number of ether oxygens (including phenoxy) is 1. The second kappa shape index (κ2) is 7.96. The van der Waals surface area contributed by atoms with Gasteiger partial charge in [0.15, 0.2) is 6.61 Å². The molecule has 0 bridgehead atoms. The first-order valence-corrected chi connectivity index (χ1v) is 9.15. The number of amides is 1.